The number of likely N-dealkylation sites (tertiary alicyclic amines) is 1. The van der Waals surface area contributed by atoms with Crippen LogP contribution in [0.1, 0.15) is 37.8 Å². The van der Waals surface area contributed by atoms with E-state index >= 15 is 0 Å². The molecule has 1 aliphatic rings. The van der Waals surface area contributed by atoms with E-state index in [1.54, 1.807) is 0 Å². The summed E-state index contributed by atoms with van der Waals surface area (Å²) in [5.41, 5.74) is 2.59. The molecule has 1 N–H and O–H groups in total. The minimum atomic E-state index is -0.563. The lowest BCUT2D eigenvalue weighted by molar-refractivity contribution is -0.120. The Morgan fingerprint density at radius 3 is 2.46 bits per heavy atom. The van der Waals surface area contributed by atoms with Crippen LogP contribution in [0.25, 0.3) is 0 Å². The van der Waals surface area contributed by atoms with Gasteiger partial charge in [-0.1, -0.05) is 42.5 Å². The third-order valence-electron chi connectivity index (χ3n) is 4.85. The Kier molecular flexibility index (Phi) is 5.00. The number of carbonyl (C=O) groups is 1. The largest absolute Gasteiger partial charge is 0.325 e. The van der Waals surface area contributed by atoms with E-state index in [-0.39, 0.29) is 5.91 Å². The van der Waals surface area contributed by atoms with Gasteiger partial charge in [0.05, 0.1) is 5.41 Å². The zero-order valence-corrected chi connectivity index (χ0v) is 14.6. The number of anilines is 1. The zero-order chi connectivity index (χ0) is 17.0. The summed E-state index contributed by atoms with van der Waals surface area (Å²) in [5, 5.41) is 3.09. The number of amides is 1. The molecule has 0 aliphatic carbocycles. The molecule has 24 heavy (non-hydrogen) atoms. The Hall–Kier alpha value is -2.13. The number of benzene rings is 2. The van der Waals surface area contributed by atoms with Crippen molar-refractivity contribution in [3.05, 3.63) is 65.7 Å². The monoisotopic (exact) mass is 322 g/mol. The molecule has 0 unspecified atom stereocenters. The molecule has 0 radical (unpaired) electrons. The van der Waals surface area contributed by atoms with Gasteiger partial charge in [0.1, 0.15) is 0 Å². The Morgan fingerprint density at radius 2 is 1.75 bits per heavy atom. The fourth-order valence-electron chi connectivity index (χ4n) is 3.22. The van der Waals surface area contributed by atoms with Crippen LogP contribution in [0, 0.1) is 0 Å². The highest BCUT2D eigenvalue weighted by Crippen LogP contribution is 2.25. The number of rotatable bonds is 5. The zero-order valence-electron chi connectivity index (χ0n) is 14.6. The fourth-order valence-corrected chi connectivity index (χ4v) is 3.22. The second-order valence-electron chi connectivity index (χ2n) is 7.13. The van der Waals surface area contributed by atoms with E-state index < -0.39 is 5.41 Å². The van der Waals surface area contributed by atoms with Crippen LogP contribution in [0.2, 0.25) is 0 Å². The summed E-state index contributed by atoms with van der Waals surface area (Å²) in [7, 11) is 0. The summed E-state index contributed by atoms with van der Waals surface area (Å²) in [4.78, 5) is 15.2. The van der Waals surface area contributed by atoms with Gasteiger partial charge in [0, 0.05) is 12.2 Å². The number of hydrogen-bond donors (Lipinski definition) is 1. The smallest absolute Gasteiger partial charge is 0.234 e. The number of carbonyl (C=O) groups excluding carboxylic acids is 1. The molecule has 0 bridgehead atoms. The van der Waals surface area contributed by atoms with Gasteiger partial charge in [0.25, 0.3) is 0 Å². The van der Waals surface area contributed by atoms with Crippen molar-refractivity contribution in [1.82, 2.24) is 4.90 Å². The van der Waals surface area contributed by atoms with Crippen molar-refractivity contribution < 1.29 is 4.79 Å². The molecule has 0 atom stereocenters. The normalized spacial score (nSPS) is 15.4. The van der Waals surface area contributed by atoms with Crippen LogP contribution in [0.3, 0.4) is 0 Å². The van der Waals surface area contributed by atoms with Crippen molar-refractivity contribution in [2.75, 3.05) is 18.4 Å². The van der Waals surface area contributed by atoms with Crippen LogP contribution >= 0.6 is 0 Å². The van der Waals surface area contributed by atoms with Crippen LogP contribution in [0.4, 0.5) is 5.69 Å². The number of hydrogen-bond acceptors (Lipinski definition) is 2. The van der Waals surface area contributed by atoms with E-state index in [1.165, 1.54) is 31.5 Å². The SMILES string of the molecule is CC(C)(C(=O)Nc1cccc(CN2CCCC2)c1)c1ccccc1. The van der Waals surface area contributed by atoms with Gasteiger partial charge in [-0.05, 0) is 63.0 Å². The molecule has 2 aromatic carbocycles. The van der Waals surface area contributed by atoms with Crippen molar-refractivity contribution in [1.29, 1.82) is 0 Å². The van der Waals surface area contributed by atoms with E-state index in [0.717, 1.165) is 17.8 Å². The molecule has 3 heteroatoms. The highest BCUT2D eigenvalue weighted by Gasteiger charge is 2.29. The van der Waals surface area contributed by atoms with Crippen LogP contribution in [-0.2, 0) is 16.8 Å². The summed E-state index contributed by atoms with van der Waals surface area (Å²) < 4.78 is 0. The van der Waals surface area contributed by atoms with Gasteiger partial charge in [-0.2, -0.15) is 0 Å². The molecule has 1 saturated heterocycles. The summed E-state index contributed by atoms with van der Waals surface area (Å²) in [6.45, 7) is 7.25. The van der Waals surface area contributed by atoms with Gasteiger partial charge in [0.15, 0.2) is 0 Å². The molecule has 3 rings (SSSR count). The van der Waals surface area contributed by atoms with Gasteiger partial charge in [-0.25, -0.2) is 0 Å². The molecular formula is C21H26N2O. The van der Waals surface area contributed by atoms with Crippen molar-refractivity contribution >= 4 is 11.6 Å². The number of nitrogens with one attached hydrogen (secondary N) is 1. The maximum absolute atomic E-state index is 12.8. The first-order valence-corrected chi connectivity index (χ1v) is 8.74. The lowest BCUT2D eigenvalue weighted by Gasteiger charge is -2.24. The van der Waals surface area contributed by atoms with E-state index in [1.807, 2.05) is 56.3 Å². The maximum Gasteiger partial charge on any atom is 0.234 e. The predicted molar refractivity (Wildman–Crippen MR) is 99.1 cm³/mol. The molecule has 0 saturated carbocycles. The molecule has 1 fully saturated rings. The minimum Gasteiger partial charge on any atom is -0.325 e. The summed E-state index contributed by atoms with van der Waals surface area (Å²) >= 11 is 0. The Labute approximate surface area is 144 Å². The van der Waals surface area contributed by atoms with Gasteiger partial charge >= 0.3 is 0 Å². The standard InChI is InChI=1S/C21H26N2O/c1-21(2,18-10-4-3-5-11-18)20(24)22-19-12-8-9-17(15-19)16-23-13-6-7-14-23/h3-5,8-12,15H,6-7,13-14,16H2,1-2H3,(H,22,24). The van der Waals surface area contributed by atoms with Gasteiger partial charge in [0.2, 0.25) is 5.91 Å². The average Bonchev–Trinajstić information content (AvgIpc) is 3.09. The molecule has 2 aromatic rings. The fraction of sp³-hybridized carbons (Fsp3) is 0.381. The molecule has 1 heterocycles. The first-order valence-electron chi connectivity index (χ1n) is 8.74. The van der Waals surface area contributed by atoms with E-state index in [4.69, 9.17) is 0 Å². The van der Waals surface area contributed by atoms with Crippen molar-refractivity contribution in [3.8, 4) is 0 Å². The molecule has 126 valence electrons. The molecule has 1 aliphatic heterocycles. The Morgan fingerprint density at radius 1 is 1.04 bits per heavy atom. The average molecular weight is 322 g/mol. The maximum atomic E-state index is 12.8. The highest BCUT2D eigenvalue weighted by molar-refractivity contribution is 5.98. The quantitative estimate of drug-likeness (QED) is 0.895. The molecule has 0 spiro atoms. The van der Waals surface area contributed by atoms with Crippen molar-refractivity contribution in [3.63, 3.8) is 0 Å². The Bertz CT molecular complexity index is 688. The lowest BCUT2D eigenvalue weighted by atomic mass is 9.83. The molecular weight excluding hydrogens is 296 g/mol. The summed E-state index contributed by atoms with van der Waals surface area (Å²) in [6.07, 6.45) is 2.59. The van der Waals surface area contributed by atoms with Gasteiger partial charge in [-0.3, -0.25) is 9.69 Å². The third-order valence-corrected chi connectivity index (χ3v) is 4.85. The topological polar surface area (TPSA) is 32.3 Å². The van der Waals surface area contributed by atoms with Gasteiger partial charge < -0.3 is 5.32 Å². The second kappa shape index (κ2) is 7.18. The first-order chi connectivity index (χ1) is 11.6. The minimum absolute atomic E-state index is 0.0204. The molecule has 0 aromatic heterocycles. The summed E-state index contributed by atoms with van der Waals surface area (Å²) in [6, 6.07) is 18.1. The van der Waals surface area contributed by atoms with Crippen LogP contribution < -0.4 is 5.32 Å². The van der Waals surface area contributed by atoms with E-state index in [2.05, 4.69) is 22.3 Å². The Balaban J connectivity index is 1.70. The summed E-state index contributed by atoms with van der Waals surface area (Å²) in [5.74, 6) is 0.0204. The van der Waals surface area contributed by atoms with Crippen molar-refractivity contribution in [2.24, 2.45) is 0 Å². The van der Waals surface area contributed by atoms with Gasteiger partial charge in [-0.15, -0.1) is 0 Å². The van der Waals surface area contributed by atoms with Crippen molar-refractivity contribution in [2.45, 2.75) is 38.6 Å². The van der Waals surface area contributed by atoms with Crippen LogP contribution in [-0.4, -0.2) is 23.9 Å². The third kappa shape index (κ3) is 3.85. The predicted octanol–water partition coefficient (Wildman–Crippen LogP) is 4.20. The van der Waals surface area contributed by atoms with Crippen LogP contribution in [0.5, 0.6) is 0 Å². The van der Waals surface area contributed by atoms with Crippen LogP contribution in [0.15, 0.2) is 54.6 Å². The second-order valence-corrected chi connectivity index (χ2v) is 7.13. The number of nitrogens with zero attached hydrogens (tertiary/aromatic N) is 1. The molecule has 1 amide bonds. The lowest BCUT2D eigenvalue weighted by Crippen LogP contribution is -2.34. The van der Waals surface area contributed by atoms with E-state index in [9.17, 15) is 4.79 Å². The molecule has 3 nitrogen and oxygen atoms in total. The highest BCUT2D eigenvalue weighted by atomic mass is 16.2. The van der Waals surface area contributed by atoms with E-state index in [0.29, 0.717) is 0 Å². The first kappa shape index (κ1) is 16.7.